The molecule has 0 spiro atoms. The van der Waals surface area contributed by atoms with Crippen LogP contribution in [0.4, 0.5) is 5.95 Å². The van der Waals surface area contributed by atoms with E-state index in [1.165, 1.54) is 4.52 Å². The van der Waals surface area contributed by atoms with Gasteiger partial charge in [0.1, 0.15) is 0 Å². The second-order valence-corrected chi connectivity index (χ2v) is 8.51. The number of nitrogens with one attached hydrogen (secondary N) is 1. The number of amides is 1. The Labute approximate surface area is 193 Å². The number of unbranched alkanes of at least 4 members (excludes halogenated alkanes) is 1. The average Bonchev–Trinajstić information content (AvgIpc) is 3.22. The van der Waals surface area contributed by atoms with Gasteiger partial charge in [0.15, 0.2) is 0 Å². The quantitative estimate of drug-likeness (QED) is 0.455. The molecule has 33 heavy (non-hydrogen) atoms. The van der Waals surface area contributed by atoms with E-state index < -0.39 is 0 Å². The molecule has 2 heterocycles. The smallest absolute Gasteiger partial charge is 0.272 e. The van der Waals surface area contributed by atoms with Crippen molar-refractivity contribution in [3.8, 4) is 0 Å². The van der Waals surface area contributed by atoms with Gasteiger partial charge in [0.25, 0.3) is 17.2 Å². The van der Waals surface area contributed by atoms with Crippen LogP contribution in [0.15, 0.2) is 53.3 Å². The normalized spacial score (nSPS) is 11.2. The Morgan fingerprint density at radius 3 is 2.48 bits per heavy atom. The number of rotatable bonds is 7. The highest BCUT2D eigenvalue weighted by Crippen LogP contribution is 2.19. The first-order chi connectivity index (χ1) is 15.9. The monoisotopic (exact) mass is 443 g/mol. The largest absolute Gasteiger partial charge is 0.277 e. The van der Waals surface area contributed by atoms with Crippen molar-refractivity contribution in [1.29, 1.82) is 0 Å². The number of aromatic amines is 1. The van der Waals surface area contributed by atoms with Crippen molar-refractivity contribution in [1.82, 2.24) is 19.6 Å². The van der Waals surface area contributed by atoms with Crippen LogP contribution in [0.2, 0.25) is 0 Å². The van der Waals surface area contributed by atoms with Crippen LogP contribution >= 0.6 is 0 Å². The molecule has 0 bridgehead atoms. The molecule has 0 fully saturated rings. The van der Waals surface area contributed by atoms with Gasteiger partial charge in [-0.3, -0.25) is 19.6 Å². The number of fused-ring (bicyclic) bond motifs is 1. The van der Waals surface area contributed by atoms with Gasteiger partial charge < -0.3 is 0 Å². The molecule has 1 N–H and O–H groups in total. The number of aryl methyl sites for hydroxylation is 3. The van der Waals surface area contributed by atoms with E-state index in [4.69, 9.17) is 0 Å². The molecule has 0 atom stereocenters. The van der Waals surface area contributed by atoms with E-state index >= 15 is 0 Å². The molecule has 4 aromatic rings. The Hall–Kier alpha value is -3.74. The maximum atomic E-state index is 13.6. The second kappa shape index (κ2) is 9.40. The van der Waals surface area contributed by atoms with Gasteiger partial charge in [-0.15, -0.1) is 0 Å². The molecule has 4 rings (SSSR count). The topological polar surface area (TPSA) is 83.4 Å². The van der Waals surface area contributed by atoms with Gasteiger partial charge in [0.05, 0.1) is 12.2 Å². The van der Waals surface area contributed by atoms with Crippen molar-refractivity contribution in [2.75, 3.05) is 4.90 Å². The first-order valence-electron chi connectivity index (χ1n) is 11.3. The number of H-pyrrole nitrogens is 1. The van der Waals surface area contributed by atoms with Crippen molar-refractivity contribution in [2.24, 2.45) is 0 Å². The summed E-state index contributed by atoms with van der Waals surface area (Å²) in [6.07, 6.45) is 2.57. The van der Waals surface area contributed by atoms with Gasteiger partial charge in [-0.25, -0.2) is 4.98 Å². The summed E-state index contributed by atoms with van der Waals surface area (Å²) in [5.41, 5.74) is 4.86. The van der Waals surface area contributed by atoms with E-state index in [0.717, 1.165) is 29.5 Å². The zero-order chi connectivity index (χ0) is 23.5. The van der Waals surface area contributed by atoms with Crippen molar-refractivity contribution in [3.63, 3.8) is 0 Å². The predicted molar refractivity (Wildman–Crippen MR) is 130 cm³/mol. The molecule has 0 aliphatic rings. The molecule has 1 amide bonds. The molecule has 0 unspecified atom stereocenters. The first-order valence-corrected chi connectivity index (χ1v) is 11.3. The number of hydrogen-bond acceptors (Lipinski definition) is 4. The lowest BCUT2D eigenvalue weighted by Gasteiger charge is -2.20. The van der Waals surface area contributed by atoms with Crippen LogP contribution in [-0.2, 0) is 13.0 Å². The van der Waals surface area contributed by atoms with E-state index in [-0.39, 0.29) is 17.2 Å². The van der Waals surface area contributed by atoms with E-state index in [1.54, 1.807) is 11.0 Å². The molecule has 2 aromatic carbocycles. The van der Waals surface area contributed by atoms with Gasteiger partial charge in [-0.05, 0) is 51.3 Å². The summed E-state index contributed by atoms with van der Waals surface area (Å²) in [5, 5.41) is 3.04. The number of benzene rings is 2. The third-order valence-corrected chi connectivity index (χ3v) is 5.79. The summed E-state index contributed by atoms with van der Waals surface area (Å²) < 4.78 is 1.35. The summed E-state index contributed by atoms with van der Waals surface area (Å²) in [6.45, 7) is 8.21. The van der Waals surface area contributed by atoms with Crippen LogP contribution in [0.3, 0.4) is 0 Å². The standard InChI is InChI=1S/C26H29N5O2/c1-5-6-10-22-19(4)27-25-28-26(29-31(25)24(22)33)30(16-20-13-11-17(2)12-14-20)23(32)21-9-7-8-18(3)15-21/h7-9,11-15H,5-6,10,16H2,1-4H3,(H,27,28,29). The number of aromatic nitrogens is 4. The van der Waals surface area contributed by atoms with Gasteiger partial charge in [0, 0.05) is 11.1 Å². The van der Waals surface area contributed by atoms with Gasteiger partial charge in [0.2, 0.25) is 5.95 Å². The van der Waals surface area contributed by atoms with Crippen LogP contribution in [0.25, 0.3) is 5.78 Å². The highest BCUT2D eigenvalue weighted by molar-refractivity contribution is 6.05. The highest BCUT2D eigenvalue weighted by Gasteiger charge is 2.23. The minimum atomic E-state index is -0.200. The number of hydrogen-bond donors (Lipinski definition) is 1. The Morgan fingerprint density at radius 1 is 1.03 bits per heavy atom. The molecule has 2 aromatic heterocycles. The maximum Gasteiger partial charge on any atom is 0.277 e. The van der Waals surface area contributed by atoms with Crippen molar-refractivity contribution in [2.45, 2.75) is 53.5 Å². The summed E-state index contributed by atoms with van der Waals surface area (Å²) in [7, 11) is 0. The lowest BCUT2D eigenvalue weighted by Crippen LogP contribution is -2.31. The molecule has 0 saturated carbocycles. The third kappa shape index (κ3) is 4.72. The molecule has 170 valence electrons. The van der Waals surface area contributed by atoms with Crippen molar-refractivity contribution >= 4 is 17.6 Å². The van der Waals surface area contributed by atoms with Crippen LogP contribution in [0.1, 0.15) is 58.1 Å². The Bertz CT molecular complexity index is 1350. The molecule has 0 aliphatic heterocycles. The van der Waals surface area contributed by atoms with Crippen molar-refractivity contribution in [3.05, 3.63) is 92.4 Å². The Balaban J connectivity index is 1.80. The summed E-state index contributed by atoms with van der Waals surface area (Å²) in [6, 6.07) is 15.5. The molecule has 7 nitrogen and oxygen atoms in total. The Kier molecular flexibility index (Phi) is 6.40. The van der Waals surface area contributed by atoms with Crippen LogP contribution < -0.4 is 10.5 Å². The lowest BCUT2D eigenvalue weighted by atomic mass is 10.1. The zero-order valence-electron chi connectivity index (χ0n) is 19.6. The molecular weight excluding hydrogens is 414 g/mol. The fraction of sp³-hybridized carbons (Fsp3) is 0.308. The van der Waals surface area contributed by atoms with Gasteiger partial charge >= 0.3 is 0 Å². The number of anilines is 1. The van der Waals surface area contributed by atoms with Crippen LogP contribution in [-0.4, -0.2) is 25.5 Å². The van der Waals surface area contributed by atoms with Crippen LogP contribution in [0, 0.1) is 20.8 Å². The predicted octanol–water partition coefficient (Wildman–Crippen LogP) is 4.53. The molecule has 7 heteroatoms. The minimum absolute atomic E-state index is 0.164. The zero-order valence-corrected chi connectivity index (χ0v) is 19.6. The van der Waals surface area contributed by atoms with E-state index in [9.17, 15) is 9.59 Å². The third-order valence-electron chi connectivity index (χ3n) is 5.79. The lowest BCUT2D eigenvalue weighted by molar-refractivity contribution is 0.0983. The molecule has 0 aliphatic carbocycles. The number of carbonyl (C=O) groups excluding carboxylic acids is 1. The summed E-state index contributed by atoms with van der Waals surface area (Å²) in [5.74, 6) is 0.353. The van der Waals surface area contributed by atoms with E-state index in [0.29, 0.717) is 35.7 Å². The number of nitrogens with zero attached hydrogens (tertiary/aromatic N) is 4. The average molecular weight is 444 g/mol. The summed E-state index contributed by atoms with van der Waals surface area (Å²) >= 11 is 0. The van der Waals surface area contributed by atoms with Crippen LogP contribution in [0.5, 0.6) is 0 Å². The Morgan fingerprint density at radius 2 is 1.79 bits per heavy atom. The van der Waals surface area contributed by atoms with E-state index in [2.05, 4.69) is 22.0 Å². The maximum absolute atomic E-state index is 13.6. The van der Waals surface area contributed by atoms with E-state index in [1.807, 2.05) is 63.2 Å². The highest BCUT2D eigenvalue weighted by atomic mass is 16.2. The number of carbonyl (C=O) groups is 1. The molecular formula is C26H29N5O2. The molecule has 0 radical (unpaired) electrons. The SMILES string of the molecule is CCCCc1c(C)nc2nc(N(Cc3ccc(C)cc3)C(=O)c3cccc(C)c3)[nH]n2c1=O. The fourth-order valence-corrected chi connectivity index (χ4v) is 3.86. The fourth-order valence-electron chi connectivity index (χ4n) is 3.86. The minimum Gasteiger partial charge on any atom is -0.272 e. The van der Waals surface area contributed by atoms with Crippen molar-refractivity contribution < 1.29 is 4.79 Å². The molecule has 0 saturated heterocycles. The first kappa shape index (κ1) is 22.5. The summed E-state index contributed by atoms with van der Waals surface area (Å²) in [4.78, 5) is 37.3. The van der Waals surface area contributed by atoms with Gasteiger partial charge in [-0.1, -0.05) is 60.9 Å². The second-order valence-electron chi connectivity index (χ2n) is 8.51. The van der Waals surface area contributed by atoms with Gasteiger partial charge in [-0.2, -0.15) is 9.50 Å².